The molecule has 0 aliphatic rings. The molecule has 0 bridgehead atoms. The first-order chi connectivity index (χ1) is 9.67. The molecule has 20 heavy (non-hydrogen) atoms. The van der Waals surface area contributed by atoms with E-state index in [1.807, 2.05) is 19.9 Å². The molecule has 1 atom stereocenters. The monoisotopic (exact) mass is 277 g/mol. The lowest BCUT2D eigenvalue weighted by atomic mass is 9.93. The summed E-state index contributed by atoms with van der Waals surface area (Å²) in [5.41, 5.74) is 1.39. The number of terminal acetylenes is 1. The van der Waals surface area contributed by atoms with Crippen molar-refractivity contribution >= 4 is 0 Å². The van der Waals surface area contributed by atoms with Gasteiger partial charge in [-0.25, -0.2) is 0 Å². The van der Waals surface area contributed by atoms with E-state index in [-0.39, 0.29) is 0 Å². The fourth-order valence-corrected chi connectivity index (χ4v) is 1.92. The summed E-state index contributed by atoms with van der Waals surface area (Å²) >= 11 is 0. The van der Waals surface area contributed by atoms with E-state index in [1.54, 1.807) is 7.11 Å². The van der Waals surface area contributed by atoms with E-state index in [0.717, 1.165) is 12.3 Å². The summed E-state index contributed by atoms with van der Waals surface area (Å²) in [6, 6.07) is 8.44. The smallest absolute Gasteiger partial charge is 0.119 e. The van der Waals surface area contributed by atoms with Crippen LogP contribution in [-0.2, 0) is 0 Å². The third-order valence-corrected chi connectivity index (χ3v) is 2.98. The molecule has 0 saturated heterocycles. The van der Waals surface area contributed by atoms with Gasteiger partial charge in [0.2, 0.25) is 0 Å². The van der Waals surface area contributed by atoms with Gasteiger partial charge in [-0.1, -0.05) is 32.9 Å². The fourth-order valence-electron chi connectivity index (χ4n) is 1.92. The first kappa shape index (κ1) is 20.8. The van der Waals surface area contributed by atoms with E-state index in [1.165, 1.54) is 18.4 Å². The van der Waals surface area contributed by atoms with Crippen LogP contribution in [0.15, 0.2) is 24.3 Å². The second-order valence-electron chi connectivity index (χ2n) is 4.47. The van der Waals surface area contributed by atoms with Crippen LogP contribution in [0, 0.1) is 12.8 Å². The Labute approximate surface area is 126 Å². The molecule has 114 valence electrons. The number of methoxy groups -OCH3 is 1. The molecule has 2 heteroatoms. The van der Waals surface area contributed by atoms with E-state index in [4.69, 9.17) is 4.74 Å². The highest BCUT2D eigenvalue weighted by molar-refractivity contribution is 5.30. The van der Waals surface area contributed by atoms with Crippen molar-refractivity contribution in [1.29, 1.82) is 0 Å². The van der Waals surface area contributed by atoms with Gasteiger partial charge < -0.3 is 9.64 Å². The SMILES string of the molecule is C#C.CC.CC[C@H](CCN(C)C)c1cccc(OC)c1. The lowest BCUT2D eigenvalue weighted by molar-refractivity contribution is 0.377. The number of hydrogen-bond acceptors (Lipinski definition) is 2. The zero-order valence-corrected chi connectivity index (χ0v) is 14.0. The van der Waals surface area contributed by atoms with E-state index in [0.29, 0.717) is 5.92 Å². The largest absolute Gasteiger partial charge is 0.497 e. The van der Waals surface area contributed by atoms with Crippen LogP contribution in [-0.4, -0.2) is 32.6 Å². The lowest BCUT2D eigenvalue weighted by Gasteiger charge is -2.18. The van der Waals surface area contributed by atoms with Crippen molar-refractivity contribution in [2.45, 2.75) is 39.5 Å². The van der Waals surface area contributed by atoms with Gasteiger partial charge in [0.15, 0.2) is 0 Å². The van der Waals surface area contributed by atoms with Gasteiger partial charge in [-0.2, -0.15) is 0 Å². The Bertz CT molecular complexity index is 344. The first-order valence-corrected chi connectivity index (χ1v) is 7.29. The second-order valence-corrected chi connectivity index (χ2v) is 4.47. The predicted octanol–water partition coefficient (Wildman–Crippen LogP) is 4.42. The summed E-state index contributed by atoms with van der Waals surface area (Å²) in [5, 5.41) is 0. The minimum Gasteiger partial charge on any atom is -0.497 e. The highest BCUT2D eigenvalue weighted by atomic mass is 16.5. The van der Waals surface area contributed by atoms with Crippen molar-refractivity contribution in [2.24, 2.45) is 0 Å². The molecule has 0 aromatic heterocycles. The molecule has 0 heterocycles. The van der Waals surface area contributed by atoms with Crippen molar-refractivity contribution in [3.8, 4) is 18.6 Å². The Morgan fingerprint density at radius 2 is 1.80 bits per heavy atom. The second kappa shape index (κ2) is 14.0. The van der Waals surface area contributed by atoms with Gasteiger partial charge in [0.05, 0.1) is 7.11 Å². The van der Waals surface area contributed by atoms with Crippen molar-refractivity contribution in [2.75, 3.05) is 27.7 Å². The molecule has 1 aromatic carbocycles. The van der Waals surface area contributed by atoms with Gasteiger partial charge in [-0.3, -0.25) is 0 Å². The molecule has 0 amide bonds. The summed E-state index contributed by atoms with van der Waals surface area (Å²) < 4.78 is 5.26. The average molecular weight is 277 g/mol. The zero-order valence-electron chi connectivity index (χ0n) is 14.0. The summed E-state index contributed by atoms with van der Waals surface area (Å²) in [5.74, 6) is 1.60. The molecule has 0 aliphatic heterocycles. The van der Waals surface area contributed by atoms with E-state index in [2.05, 4.69) is 57.0 Å². The average Bonchev–Trinajstić information content (AvgIpc) is 2.52. The number of benzene rings is 1. The van der Waals surface area contributed by atoms with Crippen LogP contribution in [0.2, 0.25) is 0 Å². The molecule has 0 unspecified atom stereocenters. The minimum absolute atomic E-state index is 0.637. The Morgan fingerprint density at radius 3 is 2.25 bits per heavy atom. The maximum Gasteiger partial charge on any atom is 0.119 e. The summed E-state index contributed by atoms with van der Waals surface area (Å²) in [6.45, 7) is 7.38. The molecule has 0 radical (unpaired) electrons. The zero-order chi connectivity index (χ0) is 16.0. The first-order valence-electron chi connectivity index (χ1n) is 7.29. The van der Waals surface area contributed by atoms with E-state index < -0.39 is 0 Å². The minimum atomic E-state index is 0.637. The third-order valence-electron chi connectivity index (χ3n) is 2.98. The van der Waals surface area contributed by atoms with Crippen LogP contribution in [0.3, 0.4) is 0 Å². The van der Waals surface area contributed by atoms with Gasteiger partial charge in [0.1, 0.15) is 5.75 Å². The molecule has 2 nitrogen and oxygen atoms in total. The molecule has 1 aromatic rings. The quantitative estimate of drug-likeness (QED) is 0.714. The normalized spacial score (nSPS) is 10.7. The van der Waals surface area contributed by atoms with E-state index in [9.17, 15) is 0 Å². The summed E-state index contributed by atoms with van der Waals surface area (Å²) in [7, 11) is 5.97. The van der Waals surface area contributed by atoms with Crippen molar-refractivity contribution < 1.29 is 4.74 Å². The van der Waals surface area contributed by atoms with Gasteiger partial charge in [0.25, 0.3) is 0 Å². The predicted molar refractivity (Wildman–Crippen MR) is 90.4 cm³/mol. The Morgan fingerprint density at radius 1 is 1.20 bits per heavy atom. The van der Waals surface area contributed by atoms with E-state index >= 15 is 0 Å². The van der Waals surface area contributed by atoms with Crippen LogP contribution in [0.1, 0.15) is 45.1 Å². The standard InChI is InChI=1S/C14H23NO.C2H6.C2H2/c1-5-12(9-10-15(2)3)13-7-6-8-14(11-13)16-4;2*1-2/h6-8,11-12H,5,9-10H2,1-4H3;1-2H3;1-2H/t12-;;/m1../s1. The maximum atomic E-state index is 5.26. The Balaban J connectivity index is 0. The molecule has 0 spiro atoms. The van der Waals surface area contributed by atoms with Crippen molar-refractivity contribution in [3.05, 3.63) is 29.8 Å². The van der Waals surface area contributed by atoms with Crippen LogP contribution < -0.4 is 4.74 Å². The highest BCUT2D eigenvalue weighted by Gasteiger charge is 2.10. The molecule has 0 aliphatic carbocycles. The molecule has 0 N–H and O–H groups in total. The van der Waals surface area contributed by atoms with Crippen LogP contribution in [0.25, 0.3) is 0 Å². The molecule has 0 saturated carbocycles. The lowest BCUT2D eigenvalue weighted by Crippen LogP contribution is -2.15. The topological polar surface area (TPSA) is 12.5 Å². The van der Waals surface area contributed by atoms with Gasteiger partial charge >= 0.3 is 0 Å². The van der Waals surface area contributed by atoms with Crippen LogP contribution in [0.5, 0.6) is 5.75 Å². The number of rotatable bonds is 6. The summed E-state index contributed by atoms with van der Waals surface area (Å²) in [6.07, 6.45) is 10.4. The molecule has 0 fully saturated rings. The molecule has 1 rings (SSSR count). The highest BCUT2D eigenvalue weighted by Crippen LogP contribution is 2.26. The molecular weight excluding hydrogens is 246 g/mol. The van der Waals surface area contributed by atoms with Crippen molar-refractivity contribution in [1.82, 2.24) is 4.90 Å². The fraction of sp³-hybridized carbons (Fsp3) is 0.556. The van der Waals surface area contributed by atoms with Gasteiger partial charge in [-0.15, -0.1) is 12.8 Å². The van der Waals surface area contributed by atoms with Crippen LogP contribution >= 0.6 is 0 Å². The number of ether oxygens (including phenoxy) is 1. The Hall–Kier alpha value is -1.46. The van der Waals surface area contributed by atoms with Gasteiger partial charge in [0, 0.05) is 0 Å². The number of nitrogens with zero attached hydrogens (tertiary/aromatic N) is 1. The van der Waals surface area contributed by atoms with Crippen molar-refractivity contribution in [3.63, 3.8) is 0 Å². The summed E-state index contributed by atoms with van der Waals surface area (Å²) in [4.78, 5) is 2.24. The third kappa shape index (κ3) is 8.61. The Kier molecular flexibility index (Phi) is 14.6. The van der Waals surface area contributed by atoms with Crippen LogP contribution in [0.4, 0.5) is 0 Å². The number of hydrogen-bond donors (Lipinski definition) is 0. The molecular formula is C18H31NO. The van der Waals surface area contributed by atoms with Gasteiger partial charge in [-0.05, 0) is 57.1 Å². The maximum absolute atomic E-state index is 5.26.